The van der Waals surface area contributed by atoms with Crippen LogP contribution in [0.4, 0.5) is 13.2 Å². The van der Waals surface area contributed by atoms with Gasteiger partial charge in [0, 0.05) is 16.8 Å². The van der Waals surface area contributed by atoms with E-state index in [-0.39, 0.29) is 17.2 Å². The Balaban J connectivity index is 1.68. The van der Waals surface area contributed by atoms with E-state index < -0.39 is 18.1 Å². The molecular formula is C17H11F3N4OS. The zero-order chi connectivity index (χ0) is 18.1. The molecule has 0 aliphatic carbocycles. The molecule has 26 heavy (non-hydrogen) atoms. The average Bonchev–Trinajstić information content (AvgIpc) is 3.28. The molecule has 0 unspecified atom stereocenters. The van der Waals surface area contributed by atoms with E-state index in [2.05, 4.69) is 15.2 Å². The van der Waals surface area contributed by atoms with Crippen LogP contribution in [0.25, 0.3) is 17.2 Å². The lowest BCUT2D eigenvalue weighted by molar-refractivity contribution is 0.116. The SMILES string of the molecule is Fc1cc(SCc2ccccc2)cn2c(-c3nnc(C(F)F)o3)cnc12. The number of benzene rings is 1. The third kappa shape index (κ3) is 3.17. The highest BCUT2D eigenvalue weighted by molar-refractivity contribution is 7.98. The topological polar surface area (TPSA) is 56.2 Å². The molecule has 3 heterocycles. The monoisotopic (exact) mass is 376 g/mol. The van der Waals surface area contributed by atoms with Crippen molar-refractivity contribution in [2.24, 2.45) is 0 Å². The van der Waals surface area contributed by atoms with Crippen LogP contribution >= 0.6 is 11.8 Å². The number of nitrogens with zero attached hydrogens (tertiary/aromatic N) is 4. The minimum Gasteiger partial charge on any atom is -0.414 e. The molecule has 1 aromatic carbocycles. The van der Waals surface area contributed by atoms with Crippen molar-refractivity contribution in [2.45, 2.75) is 17.1 Å². The van der Waals surface area contributed by atoms with Crippen LogP contribution < -0.4 is 0 Å². The van der Waals surface area contributed by atoms with Gasteiger partial charge in [0.25, 0.3) is 11.8 Å². The summed E-state index contributed by atoms with van der Waals surface area (Å²) < 4.78 is 46.0. The standard InChI is InChI=1S/C17H11F3N4OS/c18-12-6-11(26-9-10-4-2-1-3-5-10)8-24-13(7-21-15(12)24)16-22-23-17(25-16)14(19)20/h1-8,14H,9H2. The molecule has 0 spiro atoms. The Bertz CT molecular complexity index is 1050. The first kappa shape index (κ1) is 16.6. The van der Waals surface area contributed by atoms with Gasteiger partial charge in [-0.15, -0.1) is 22.0 Å². The Morgan fingerprint density at radius 3 is 2.69 bits per heavy atom. The molecule has 9 heteroatoms. The fourth-order valence-electron chi connectivity index (χ4n) is 2.43. The predicted molar refractivity (Wildman–Crippen MR) is 89.4 cm³/mol. The van der Waals surface area contributed by atoms with Gasteiger partial charge < -0.3 is 4.42 Å². The summed E-state index contributed by atoms with van der Waals surface area (Å²) in [7, 11) is 0. The van der Waals surface area contributed by atoms with Crippen molar-refractivity contribution in [2.75, 3.05) is 0 Å². The van der Waals surface area contributed by atoms with E-state index in [4.69, 9.17) is 4.42 Å². The molecule has 0 aliphatic rings. The molecule has 0 saturated carbocycles. The molecule has 5 nitrogen and oxygen atoms in total. The first-order valence-corrected chi connectivity index (χ1v) is 8.55. The summed E-state index contributed by atoms with van der Waals surface area (Å²) in [6, 6.07) is 11.1. The van der Waals surface area contributed by atoms with E-state index in [9.17, 15) is 13.2 Å². The van der Waals surface area contributed by atoms with Crippen molar-refractivity contribution in [3.63, 3.8) is 0 Å². The minimum absolute atomic E-state index is 0.0564. The third-order valence-corrected chi connectivity index (χ3v) is 4.66. The van der Waals surface area contributed by atoms with Gasteiger partial charge in [-0.3, -0.25) is 4.40 Å². The highest BCUT2D eigenvalue weighted by Gasteiger charge is 2.20. The summed E-state index contributed by atoms with van der Waals surface area (Å²) >= 11 is 1.44. The molecular weight excluding hydrogens is 365 g/mol. The smallest absolute Gasteiger partial charge is 0.314 e. The molecule has 0 saturated heterocycles. The molecule has 0 radical (unpaired) electrons. The number of rotatable bonds is 5. The first-order chi connectivity index (χ1) is 12.6. The molecule has 132 valence electrons. The molecule has 0 amide bonds. The zero-order valence-corrected chi connectivity index (χ0v) is 14.0. The van der Waals surface area contributed by atoms with Gasteiger partial charge in [0.2, 0.25) is 0 Å². The number of hydrogen-bond acceptors (Lipinski definition) is 5. The van der Waals surface area contributed by atoms with Gasteiger partial charge in [-0.25, -0.2) is 9.37 Å². The van der Waals surface area contributed by atoms with Gasteiger partial charge in [-0.05, 0) is 11.6 Å². The van der Waals surface area contributed by atoms with Gasteiger partial charge in [-0.2, -0.15) is 8.78 Å². The van der Waals surface area contributed by atoms with Gasteiger partial charge >= 0.3 is 6.43 Å². The van der Waals surface area contributed by atoms with Crippen LogP contribution in [0.5, 0.6) is 0 Å². The first-order valence-electron chi connectivity index (χ1n) is 7.57. The van der Waals surface area contributed by atoms with Crippen molar-refractivity contribution in [3.8, 4) is 11.6 Å². The summed E-state index contributed by atoms with van der Waals surface area (Å²) in [6.07, 6.45) is 0.108. The van der Waals surface area contributed by atoms with E-state index in [0.717, 1.165) is 5.56 Å². The van der Waals surface area contributed by atoms with Crippen LogP contribution in [0.15, 0.2) is 58.1 Å². The fraction of sp³-hybridized carbons (Fsp3) is 0.118. The lowest BCUT2D eigenvalue weighted by atomic mass is 10.2. The summed E-state index contributed by atoms with van der Waals surface area (Å²) in [5, 5.41) is 6.89. The maximum atomic E-state index is 14.4. The quantitative estimate of drug-likeness (QED) is 0.470. The lowest BCUT2D eigenvalue weighted by Gasteiger charge is -2.05. The second kappa shape index (κ2) is 6.83. The largest absolute Gasteiger partial charge is 0.414 e. The van der Waals surface area contributed by atoms with Crippen LogP contribution in [0.2, 0.25) is 0 Å². The normalized spacial score (nSPS) is 11.5. The summed E-state index contributed by atoms with van der Waals surface area (Å²) in [6.45, 7) is 0. The van der Waals surface area contributed by atoms with Crippen molar-refractivity contribution in [3.05, 3.63) is 66.1 Å². The Hall–Kier alpha value is -2.81. The number of aromatic nitrogens is 4. The lowest BCUT2D eigenvalue weighted by Crippen LogP contribution is -1.93. The fourth-order valence-corrected chi connectivity index (χ4v) is 3.32. The number of imidazole rings is 1. The van der Waals surface area contributed by atoms with Crippen molar-refractivity contribution >= 4 is 17.4 Å². The molecule has 4 aromatic rings. The Morgan fingerprint density at radius 2 is 1.96 bits per heavy atom. The maximum Gasteiger partial charge on any atom is 0.314 e. The number of fused-ring (bicyclic) bond motifs is 1. The highest BCUT2D eigenvalue weighted by Crippen LogP contribution is 2.29. The van der Waals surface area contributed by atoms with Crippen molar-refractivity contribution in [1.82, 2.24) is 19.6 Å². The summed E-state index contributed by atoms with van der Waals surface area (Å²) in [5.74, 6) is -0.795. The van der Waals surface area contributed by atoms with Crippen LogP contribution in [0.3, 0.4) is 0 Å². The molecule has 3 aromatic heterocycles. The molecule has 4 rings (SSSR count). The van der Waals surface area contributed by atoms with Crippen LogP contribution in [-0.2, 0) is 5.75 Å². The molecule has 0 atom stereocenters. The van der Waals surface area contributed by atoms with E-state index in [1.54, 1.807) is 6.20 Å². The summed E-state index contributed by atoms with van der Waals surface area (Å²) in [4.78, 5) is 4.63. The van der Waals surface area contributed by atoms with Crippen LogP contribution in [-0.4, -0.2) is 19.6 Å². The minimum atomic E-state index is -2.87. The zero-order valence-electron chi connectivity index (χ0n) is 13.1. The van der Waals surface area contributed by atoms with Crippen molar-refractivity contribution < 1.29 is 17.6 Å². The second-order valence-electron chi connectivity index (χ2n) is 5.38. The number of alkyl halides is 2. The van der Waals surface area contributed by atoms with E-state index in [1.165, 1.54) is 28.4 Å². The van der Waals surface area contributed by atoms with Gasteiger partial charge in [0.15, 0.2) is 11.5 Å². The van der Waals surface area contributed by atoms with Gasteiger partial charge in [-0.1, -0.05) is 30.3 Å². The highest BCUT2D eigenvalue weighted by atomic mass is 32.2. The Kier molecular flexibility index (Phi) is 4.37. The third-order valence-electron chi connectivity index (χ3n) is 3.63. The maximum absolute atomic E-state index is 14.4. The van der Waals surface area contributed by atoms with Gasteiger partial charge in [0.1, 0.15) is 5.69 Å². The Morgan fingerprint density at radius 1 is 1.15 bits per heavy atom. The van der Waals surface area contributed by atoms with Gasteiger partial charge in [0.05, 0.1) is 6.20 Å². The number of hydrogen-bond donors (Lipinski definition) is 0. The molecule has 0 fully saturated rings. The molecule has 0 aliphatic heterocycles. The number of thioether (sulfide) groups is 1. The number of pyridine rings is 1. The molecule has 0 bridgehead atoms. The molecule has 0 N–H and O–H groups in total. The second-order valence-corrected chi connectivity index (χ2v) is 6.43. The van der Waals surface area contributed by atoms with Crippen molar-refractivity contribution in [1.29, 1.82) is 0 Å². The average molecular weight is 376 g/mol. The van der Waals surface area contributed by atoms with Crippen LogP contribution in [0.1, 0.15) is 17.9 Å². The predicted octanol–water partition coefficient (Wildman–Crippen LogP) is 4.75. The van der Waals surface area contributed by atoms with E-state index in [1.807, 2.05) is 30.3 Å². The number of halogens is 3. The Labute approximate surface area is 149 Å². The summed E-state index contributed by atoms with van der Waals surface area (Å²) in [5.41, 5.74) is 1.41. The van der Waals surface area contributed by atoms with E-state index in [0.29, 0.717) is 10.6 Å². The van der Waals surface area contributed by atoms with Crippen LogP contribution in [0, 0.1) is 5.82 Å². The van der Waals surface area contributed by atoms with E-state index >= 15 is 0 Å².